The molecule has 1 saturated heterocycles. The van der Waals surface area contributed by atoms with E-state index in [1.54, 1.807) is 0 Å². The number of ether oxygens (including phenoxy) is 2. The molecule has 18 heavy (non-hydrogen) atoms. The minimum atomic E-state index is -0.412. The largest absolute Gasteiger partial charge is 0.346 e. The molecule has 0 aromatic rings. The number of ketones is 1. The normalized spacial score (nSPS) is 71.8. The summed E-state index contributed by atoms with van der Waals surface area (Å²) >= 11 is 7.84. The SMILES string of the molecule is O=C1C[C@H]2[C@H]3[C@@H]4[C@@H]5[C@@H]([C@@H]2[C@@]5(Br)C32OCCO2)[C@@]14Br. The van der Waals surface area contributed by atoms with Gasteiger partial charge < -0.3 is 9.47 Å². The predicted molar refractivity (Wildman–Crippen MR) is 68.5 cm³/mol. The molecule has 7 aliphatic rings. The topological polar surface area (TPSA) is 35.5 Å². The van der Waals surface area contributed by atoms with E-state index in [1.807, 2.05) is 0 Å². The summed E-state index contributed by atoms with van der Waals surface area (Å²) in [4.78, 5) is 12.3. The van der Waals surface area contributed by atoms with Gasteiger partial charge in [0.1, 0.15) is 5.78 Å². The molecular formula is C13H12Br2O3. The van der Waals surface area contributed by atoms with Gasteiger partial charge in [-0.2, -0.15) is 0 Å². The zero-order valence-corrected chi connectivity index (χ0v) is 12.7. The van der Waals surface area contributed by atoms with Gasteiger partial charge in [-0.3, -0.25) is 4.79 Å². The van der Waals surface area contributed by atoms with E-state index in [0.717, 1.165) is 6.42 Å². The van der Waals surface area contributed by atoms with Crippen molar-refractivity contribution in [3.8, 4) is 0 Å². The lowest BCUT2D eigenvalue weighted by Gasteiger charge is -2.78. The summed E-state index contributed by atoms with van der Waals surface area (Å²) in [5, 5.41) is 0. The van der Waals surface area contributed by atoms with Crippen molar-refractivity contribution in [3.63, 3.8) is 0 Å². The van der Waals surface area contributed by atoms with Crippen LogP contribution >= 0.6 is 31.9 Å². The van der Waals surface area contributed by atoms with Gasteiger partial charge in [-0.25, -0.2) is 0 Å². The van der Waals surface area contributed by atoms with Gasteiger partial charge in [-0.1, -0.05) is 31.9 Å². The maximum atomic E-state index is 12.3. The summed E-state index contributed by atoms with van der Waals surface area (Å²) in [6.45, 7) is 1.41. The van der Waals surface area contributed by atoms with Crippen LogP contribution in [0.5, 0.6) is 0 Å². The van der Waals surface area contributed by atoms with Crippen molar-refractivity contribution in [1.29, 1.82) is 0 Å². The Bertz CT molecular complexity index is 530. The highest BCUT2D eigenvalue weighted by molar-refractivity contribution is 9.10. The van der Waals surface area contributed by atoms with Gasteiger partial charge in [-0.05, 0) is 29.6 Å². The highest BCUT2D eigenvalue weighted by Gasteiger charge is 3.01. The van der Waals surface area contributed by atoms with Gasteiger partial charge in [0.15, 0.2) is 5.79 Å². The summed E-state index contributed by atoms with van der Waals surface area (Å²) in [5.74, 6) is 3.09. The summed E-state index contributed by atoms with van der Waals surface area (Å²) < 4.78 is 12.0. The average Bonchev–Trinajstić information content (AvgIpc) is 2.90. The quantitative estimate of drug-likeness (QED) is 0.605. The molecule has 0 amide bonds. The smallest absolute Gasteiger partial charge is 0.187 e. The van der Waals surface area contributed by atoms with Crippen LogP contribution in [0.25, 0.3) is 0 Å². The van der Waals surface area contributed by atoms with Gasteiger partial charge >= 0.3 is 0 Å². The van der Waals surface area contributed by atoms with Crippen LogP contribution in [0.4, 0.5) is 0 Å². The Morgan fingerprint density at radius 1 is 1.00 bits per heavy atom. The summed E-state index contributed by atoms with van der Waals surface area (Å²) in [6.07, 6.45) is 0.724. The summed E-state index contributed by atoms with van der Waals surface area (Å²) in [5.41, 5.74) is 0. The van der Waals surface area contributed by atoms with Gasteiger partial charge in [0.05, 0.1) is 21.9 Å². The third-order valence-corrected chi connectivity index (χ3v) is 10.1. The van der Waals surface area contributed by atoms with E-state index in [0.29, 0.717) is 54.5 Å². The maximum Gasteiger partial charge on any atom is 0.187 e. The van der Waals surface area contributed by atoms with Crippen LogP contribution in [0, 0.1) is 35.5 Å². The van der Waals surface area contributed by atoms with Crippen LogP contribution < -0.4 is 0 Å². The standard InChI is InChI=1S/C13H12Br2O3/c14-11-5(16)3-4-6-8(11)10-9(11)7(4)13(12(6,10)15)17-1-2-18-13/h4,6-10H,1-3H2/t4-,6-,7+,8-,9-,10+,11+,12+/m1/s1. The van der Waals surface area contributed by atoms with Crippen LogP contribution in [0.1, 0.15) is 6.42 Å². The van der Waals surface area contributed by atoms with E-state index in [1.165, 1.54) is 0 Å². The van der Waals surface area contributed by atoms with Crippen molar-refractivity contribution in [3.05, 3.63) is 0 Å². The number of carbonyl (C=O) groups excluding carboxylic acids is 1. The van der Waals surface area contributed by atoms with Crippen LogP contribution in [0.3, 0.4) is 0 Å². The molecule has 4 bridgehead atoms. The molecule has 0 unspecified atom stereocenters. The molecule has 0 aromatic heterocycles. The lowest BCUT2D eigenvalue weighted by atomic mass is 9.30. The number of rotatable bonds is 0. The van der Waals surface area contributed by atoms with Gasteiger partial charge in [0.25, 0.3) is 0 Å². The fourth-order valence-electron chi connectivity index (χ4n) is 6.85. The second kappa shape index (κ2) is 2.42. The van der Waals surface area contributed by atoms with Crippen LogP contribution in [0.2, 0.25) is 0 Å². The Labute approximate surface area is 121 Å². The number of hydrogen-bond acceptors (Lipinski definition) is 3. The van der Waals surface area contributed by atoms with Crippen molar-refractivity contribution >= 4 is 37.6 Å². The first-order chi connectivity index (χ1) is 8.58. The van der Waals surface area contributed by atoms with E-state index in [9.17, 15) is 4.79 Å². The van der Waals surface area contributed by atoms with E-state index in [2.05, 4.69) is 31.9 Å². The van der Waals surface area contributed by atoms with E-state index < -0.39 is 5.79 Å². The Morgan fingerprint density at radius 2 is 1.67 bits per heavy atom. The molecule has 5 heteroatoms. The number of halogens is 2. The first kappa shape index (κ1) is 10.3. The molecule has 1 aliphatic heterocycles. The zero-order valence-electron chi connectivity index (χ0n) is 9.57. The Morgan fingerprint density at radius 3 is 2.39 bits per heavy atom. The van der Waals surface area contributed by atoms with Gasteiger partial charge in [0, 0.05) is 12.3 Å². The van der Waals surface area contributed by atoms with Crippen molar-refractivity contribution in [2.45, 2.75) is 20.9 Å². The van der Waals surface area contributed by atoms with E-state index in [-0.39, 0.29) is 8.65 Å². The molecular weight excluding hydrogens is 364 g/mol. The van der Waals surface area contributed by atoms with Crippen molar-refractivity contribution < 1.29 is 14.3 Å². The van der Waals surface area contributed by atoms with Crippen LogP contribution in [-0.2, 0) is 14.3 Å². The fourth-order valence-corrected chi connectivity index (χ4v) is 9.84. The number of hydrogen-bond donors (Lipinski definition) is 0. The minimum Gasteiger partial charge on any atom is -0.346 e. The first-order valence-electron chi connectivity index (χ1n) is 6.77. The van der Waals surface area contributed by atoms with Crippen molar-refractivity contribution in [2.75, 3.05) is 13.2 Å². The van der Waals surface area contributed by atoms with Crippen molar-refractivity contribution in [1.82, 2.24) is 0 Å². The predicted octanol–water partition coefficient (Wildman–Crippen LogP) is 1.72. The van der Waals surface area contributed by atoms with Crippen molar-refractivity contribution in [2.24, 2.45) is 35.5 Å². The van der Waals surface area contributed by atoms with E-state index >= 15 is 0 Å². The highest BCUT2D eigenvalue weighted by atomic mass is 79.9. The number of Topliss-reactive ketones (excluding diaryl/α,β-unsaturated/α-hetero) is 1. The zero-order chi connectivity index (χ0) is 12.1. The summed E-state index contributed by atoms with van der Waals surface area (Å²) in [7, 11) is 0. The lowest BCUT2D eigenvalue weighted by molar-refractivity contribution is -0.225. The Kier molecular flexibility index (Phi) is 1.39. The molecule has 0 aromatic carbocycles. The molecule has 6 saturated carbocycles. The second-order valence-electron chi connectivity index (χ2n) is 6.82. The average molecular weight is 376 g/mol. The first-order valence-corrected chi connectivity index (χ1v) is 8.36. The van der Waals surface area contributed by atoms with Gasteiger partial charge in [0.2, 0.25) is 0 Å². The fraction of sp³-hybridized carbons (Fsp3) is 0.923. The molecule has 0 N–H and O–H groups in total. The second-order valence-corrected chi connectivity index (χ2v) is 9.44. The molecule has 7 fully saturated rings. The Balaban J connectivity index is 1.64. The summed E-state index contributed by atoms with van der Waals surface area (Å²) in [6, 6.07) is 0. The molecule has 3 nitrogen and oxygen atoms in total. The number of fused-ring (bicyclic) bond motifs is 1. The molecule has 96 valence electrons. The van der Waals surface area contributed by atoms with Crippen LogP contribution in [-0.4, -0.2) is 33.4 Å². The highest BCUT2D eigenvalue weighted by Crippen LogP contribution is 2.94. The minimum absolute atomic E-state index is 0.0130. The van der Waals surface area contributed by atoms with Gasteiger partial charge in [-0.15, -0.1) is 0 Å². The molecule has 8 atom stereocenters. The maximum absolute atomic E-state index is 12.3. The molecule has 1 heterocycles. The van der Waals surface area contributed by atoms with Crippen LogP contribution in [0.15, 0.2) is 0 Å². The molecule has 6 aliphatic carbocycles. The third-order valence-electron chi connectivity index (χ3n) is 6.95. The third kappa shape index (κ3) is 0.587. The monoisotopic (exact) mass is 374 g/mol. The number of alkyl halides is 2. The molecule has 0 radical (unpaired) electrons. The molecule has 1 spiro atoms. The number of carbonyl (C=O) groups is 1. The Hall–Kier alpha value is 0.550. The molecule has 7 rings (SSSR count). The lowest BCUT2D eigenvalue weighted by Crippen LogP contribution is -2.85. The van der Waals surface area contributed by atoms with E-state index in [4.69, 9.17) is 9.47 Å².